The number of nitrogens with zero attached hydrogens (tertiary/aromatic N) is 17. The smallest absolute Gasteiger partial charge is 0.241 e. The number of nitrogens with one attached hydrogen (secondary N) is 6. The van der Waals surface area contributed by atoms with Crippen LogP contribution in [0.25, 0.3) is 106 Å². The van der Waals surface area contributed by atoms with E-state index in [9.17, 15) is 33.2 Å². The number of ether oxygens (including phenoxy) is 2. The molecule has 6 N–H and O–H groups in total. The highest BCUT2D eigenvalue weighted by Crippen LogP contribution is 2.45. The Morgan fingerprint density at radius 1 is 0.425 bits per heavy atom. The summed E-state index contributed by atoms with van der Waals surface area (Å²) >= 11 is 6.22. The van der Waals surface area contributed by atoms with Gasteiger partial charge in [0.15, 0.2) is 17.5 Å². The van der Waals surface area contributed by atoms with E-state index in [2.05, 4.69) is 162 Å². The molecule has 14 heterocycles. The van der Waals surface area contributed by atoms with Crippen molar-refractivity contribution in [1.82, 2.24) is 99.9 Å². The van der Waals surface area contributed by atoms with E-state index in [1.54, 1.807) is 104 Å². The van der Waals surface area contributed by atoms with Gasteiger partial charge in [0.2, 0.25) is 35.4 Å². The number of carbonyl (C=O) groups excluding carboxylic acids is 6. The maximum Gasteiger partial charge on any atom is 0.241 e. The van der Waals surface area contributed by atoms with Gasteiger partial charge in [0.1, 0.15) is 43.1 Å². The molecule has 1 saturated carbocycles. The van der Waals surface area contributed by atoms with Crippen molar-refractivity contribution < 1.29 is 42.6 Å². The second kappa shape index (κ2) is 45.0. The normalized spacial score (nSPS) is 19.0. The summed E-state index contributed by atoms with van der Waals surface area (Å²) in [6.45, 7) is 9.69. The van der Waals surface area contributed by atoms with E-state index >= 15 is 0 Å². The summed E-state index contributed by atoms with van der Waals surface area (Å²) in [5.41, 5.74) is 16.7. The lowest BCUT2D eigenvalue weighted by atomic mass is 9.89. The number of benzene rings is 7. The second-order valence-electron chi connectivity index (χ2n) is 38.1. The van der Waals surface area contributed by atoms with Gasteiger partial charge in [-0.25, -0.2) is 39.3 Å². The third kappa shape index (κ3) is 22.7. The molecule has 748 valence electrons. The number of pyridine rings is 1. The standard InChI is InChI=1S/C39H43N7O4S.C38H40N8O2S.C33H31FN8O2S2/c1-49-22-23-50-32-11-8-29(9-12-32)36-33-24-31(10-13-34(33)43-44-36)42-38(48)39(51-2)16-21-45(26-39)25-35(47)46-19-14-28(15-20-46)27-4-6-30(7-5-27)37-40-17-3-18-41-37;1-49-38(37(48)42-30-9-10-32-31(22-30)35(44-43-32)29-11-17-39-33(21-29)27-5-6-27)14-20-45(24-38)23-34(47)46-18-12-26(13-19-46)25-3-7-28(8-4-25)36-40-15-2-16-41-36;1-45-33(32(44)38-24-7-8-26-25(17-24)29(40-39-26)21-3-5-23(34)6-4-21)11-16-41(20-33)19-28(43)42-14-9-22(10-15-42)31-37-18-27(46-31)30-35-12-2-13-36-30/h3-13,17-18,24,28H,14-16,19-23,25-26H2,1-2H3,(H,42,48)(H,43,44);2-4,7-11,15-17,21-22,26-27H,5-6,12-14,18-20,23-24H2,1H3,(H,42,48)(H,43,44);2-9,12-13,17-18H,10-11,14-16,19-20H2,1H3,(H,38,44)(H,39,40)/t39-;38-;33-/m000/s1. The van der Waals surface area contributed by atoms with Crippen LogP contribution < -0.4 is 20.7 Å². The molecular weight excluding hydrogens is 1920 g/mol. The Balaban J connectivity index is 0.000000133. The highest BCUT2D eigenvalue weighted by molar-refractivity contribution is 8.01. The number of likely N-dealkylation sites (tertiary alicyclic amines) is 5. The molecule has 7 aromatic carbocycles. The quantitative estimate of drug-likeness (QED) is 0.0237. The van der Waals surface area contributed by atoms with Crippen molar-refractivity contribution in [2.75, 3.05) is 153 Å². The molecule has 3 atom stereocenters. The Morgan fingerprint density at radius 2 is 0.836 bits per heavy atom. The SMILES string of the molecule is COCCOc1ccc(-c2n[nH]c3ccc(NC(=O)[C@]4(SC)CCN(CC(=O)N5CCC(c6ccc(-c7ncccn7)cc6)CC5)C4)cc23)cc1.CS[C@@]1(C(=O)Nc2ccc3[nH]nc(-c4ccc(F)cc4)c3c2)CCN(CC(=O)N2CC=C(c3ncc(-c4ncccn4)s3)CC2)C1.CS[C@@]1(C(=O)Nc2ccc3[nH]nc(-c4ccnc(C5CC5)c4)c3c2)CCN(CC(=O)N2CCC(c3ccc(-c4ncccn4)cc3)CC2)C1. The first-order chi connectivity index (χ1) is 71.3. The van der Waals surface area contributed by atoms with Crippen LogP contribution in [0.1, 0.15) is 104 Å². The molecule has 0 radical (unpaired) electrons. The molecule has 31 nitrogen and oxygen atoms in total. The van der Waals surface area contributed by atoms with Crippen molar-refractivity contribution in [2.45, 2.75) is 96.2 Å². The lowest BCUT2D eigenvalue weighted by Gasteiger charge is -2.33. The molecule has 1 aliphatic carbocycles. The minimum absolute atomic E-state index is 0.0232. The van der Waals surface area contributed by atoms with Gasteiger partial charge in [0.05, 0.1) is 59.1 Å². The molecule has 22 rings (SSSR count). The fourth-order valence-electron chi connectivity index (χ4n) is 20.3. The van der Waals surface area contributed by atoms with Crippen LogP contribution in [0.2, 0.25) is 0 Å². The number of aromatic nitrogens is 14. The number of aromatic amines is 3. The first kappa shape index (κ1) is 99.5. The number of fused-ring (bicyclic) bond motifs is 3. The van der Waals surface area contributed by atoms with Crippen molar-refractivity contribution in [1.29, 1.82) is 0 Å². The summed E-state index contributed by atoms with van der Waals surface area (Å²) < 4.78 is 22.3. The van der Waals surface area contributed by atoms with Crippen LogP contribution in [0.5, 0.6) is 5.75 Å². The average molecular weight is 2030 g/mol. The number of H-pyrrole nitrogens is 3. The highest BCUT2D eigenvalue weighted by Gasteiger charge is 2.48. The predicted molar refractivity (Wildman–Crippen MR) is 574 cm³/mol. The summed E-state index contributed by atoms with van der Waals surface area (Å²) in [6, 6.07) is 57.8. The number of thioether (sulfide) groups is 3. The van der Waals surface area contributed by atoms with Gasteiger partial charge >= 0.3 is 0 Å². The van der Waals surface area contributed by atoms with Crippen LogP contribution in [0.15, 0.2) is 238 Å². The van der Waals surface area contributed by atoms with Crippen LogP contribution in [0, 0.1) is 5.82 Å². The van der Waals surface area contributed by atoms with Crippen molar-refractivity contribution in [3.8, 4) is 73.0 Å². The third-order valence-electron chi connectivity index (χ3n) is 29.0. The zero-order valence-corrected chi connectivity index (χ0v) is 85.0. The van der Waals surface area contributed by atoms with Crippen LogP contribution in [0.3, 0.4) is 0 Å². The Bertz CT molecular complexity index is 7200. The second-order valence-corrected chi connectivity index (χ2v) is 42.7. The van der Waals surface area contributed by atoms with E-state index in [0.29, 0.717) is 139 Å². The van der Waals surface area contributed by atoms with E-state index in [-0.39, 0.29) is 47.8 Å². The summed E-state index contributed by atoms with van der Waals surface area (Å²) in [5.74, 6) is 4.16. The average Bonchev–Trinajstić information content (AvgIpc) is 1.63. The monoisotopic (exact) mass is 2030 g/mol. The molecule has 8 aromatic heterocycles. The largest absolute Gasteiger partial charge is 0.491 e. The van der Waals surface area contributed by atoms with E-state index in [1.807, 2.05) is 137 Å². The number of carbonyl (C=O) groups is 6. The Kier molecular flexibility index (Phi) is 30.7. The molecule has 0 bridgehead atoms. The number of hydrogen-bond donors (Lipinski definition) is 6. The first-order valence-corrected chi connectivity index (χ1v) is 54.0. The molecule has 15 aromatic rings. The number of thiazole rings is 1. The molecule has 146 heavy (non-hydrogen) atoms. The number of methoxy groups -OCH3 is 1. The fraction of sp³-hybridized carbons (Fsp3) is 0.336. The van der Waals surface area contributed by atoms with Crippen LogP contribution in [-0.4, -0.2) is 287 Å². The highest BCUT2D eigenvalue weighted by atomic mass is 32.2. The number of piperidine rings is 2. The van der Waals surface area contributed by atoms with Gasteiger partial charge in [-0.1, -0.05) is 54.6 Å². The molecule has 5 saturated heterocycles. The number of halogens is 1. The predicted octanol–water partition coefficient (Wildman–Crippen LogP) is 17.3. The lowest BCUT2D eigenvalue weighted by Crippen LogP contribution is -2.46. The molecule has 0 spiro atoms. The minimum Gasteiger partial charge on any atom is -0.491 e. The van der Waals surface area contributed by atoms with Crippen LogP contribution in [0.4, 0.5) is 21.5 Å². The number of anilines is 3. The van der Waals surface area contributed by atoms with Gasteiger partial charge in [-0.05, 0) is 245 Å². The minimum atomic E-state index is -0.675. The zero-order valence-electron chi connectivity index (χ0n) is 81.7. The maximum atomic E-state index is 13.8. The lowest BCUT2D eigenvalue weighted by molar-refractivity contribution is -0.134. The summed E-state index contributed by atoms with van der Waals surface area (Å²) in [6.07, 6.45) is 31.0. The van der Waals surface area contributed by atoms with Crippen molar-refractivity contribution in [3.05, 3.63) is 265 Å². The topological polar surface area (TPSA) is 366 Å². The molecular formula is C110H114FN23O8S4. The molecule has 7 aliphatic rings. The first-order valence-electron chi connectivity index (χ1n) is 49.5. The summed E-state index contributed by atoms with van der Waals surface area (Å²) in [5, 5.41) is 36.0. The van der Waals surface area contributed by atoms with E-state index in [1.165, 1.54) is 47.9 Å². The Labute approximate surface area is 861 Å². The molecule has 0 unspecified atom stereocenters. The van der Waals surface area contributed by atoms with Crippen LogP contribution >= 0.6 is 46.6 Å². The van der Waals surface area contributed by atoms with Gasteiger partial charge in [-0.2, -0.15) is 15.3 Å². The Hall–Kier alpha value is -13.9. The van der Waals surface area contributed by atoms with Gasteiger partial charge in [-0.3, -0.25) is 63.7 Å². The molecule has 36 heteroatoms. The summed E-state index contributed by atoms with van der Waals surface area (Å²) in [7, 11) is 1.65. The zero-order chi connectivity index (χ0) is 100. The number of hydrogen-bond acceptors (Lipinski definition) is 26. The van der Waals surface area contributed by atoms with Crippen molar-refractivity contribution >= 4 is 137 Å². The van der Waals surface area contributed by atoms with E-state index < -0.39 is 14.2 Å². The van der Waals surface area contributed by atoms with E-state index in [4.69, 9.17) is 9.47 Å². The number of amides is 6. The number of rotatable bonds is 29. The molecule has 6 aliphatic heterocycles. The molecule has 6 amide bonds. The third-order valence-corrected chi connectivity index (χ3v) is 33.9. The van der Waals surface area contributed by atoms with Gasteiger partial charge in [-0.15, -0.1) is 46.6 Å². The van der Waals surface area contributed by atoms with E-state index in [0.717, 1.165) is 174 Å². The fourth-order valence-corrected chi connectivity index (χ4v) is 23.7. The maximum absolute atomic E-state index is 13.8. The summed E-state index contributed by atoms with van der Waals surface area (Å²) in [4.78, 5) is 130. The van der Waals surface area contributed by atoms with Gasteiger partial charge < -0.3 is 40.1 Å². The van der Waals surface area contributed by atoms with Gasteiger partial charge in [0, 0.05) is 208 Å². The molecule has 6 fully saturated rings. The van der Waals surface area contributed by atoms with Crippen LogP contribution in [-0.2, 0) is 33.5 Å². The van der Waals surface area contributed by atoms with Crippen molar-refractivity contribution in [3.63, 3.8) is 0 Å². The Morgan fingerprint density at radius 3 is 1.25 bits per heavy atom. The van der Waals surface area contributed by atoms with Crippen molar-refractivity contribution in [2.24, 2.45) is 0 Å². The van der Waals surface area contributed by atoms with Gasteiger partial charge in [0.25, 0.3) is 0 Å².